The number of aromatic nitrogens is 2. The van der Waals surface area contributed by atoms with Crippen LogP contribution < -0.4 is 0 Å². The number of rotatable bonds is 5. The normalized spacial score (nSPS) is 20.5. The summed E-state index contributed by atoms with van der Waals surface area (Å²) in [6.07, 6.45) is 4.02. The molecule has 2 fully saturated rings. The van der Waals surface area contributed by atoms with Gasteiger partial charge in [-0.1, -0.05) is 20.3 Å². The van der Waals surface area contributed by atoms with Crippen LogP contribution >= 0.6 is 0 Å². The number of aromatic amines is 1. The van der Waals surface area contributed by atoms with Crippen LogP contribution in [0.5, 0.6) is 0 Å². The highest BCUT2D eigenvalue weighted by atomic mass is 16.6. The number of piperidine rings is 1. The molecule has 3 rings (SSSR count). The van der Waals surface area contributed by atoms with Crippen molar-refractivity contribution in [3.8, 4) is 0 Å². The first-order valence-corrected chi connectivity index (χ1v) is 9.73. The number of carbonyl (C=O) groups excluding carboxylic acids is 2. The second-order valence-electron chi connectivity index (χ2n) is 7.64. The molecule has 1 atom stereocenters. The maximum Gasteiger partial charge on any atom is 0.410 e. The molecule has 0 aliphatic carbocycles. The molecule has 26 heavy (non-hydrogen) atoms. The fourth-order valence-electron chi connectivity index (χ4n) is 4.07. The number of H-pyrrole nitrogens is 1. The number of ether oxygens (including phenoxy) is 1. The van der Waals surface area contributed by atoms with Gasteiger partial charge in [0.05, 0.1) is 6.54 Å². The van der Waals surface area contributed by atoms with Crippen molar-refractivity contribution in [2.75, 3.05) is 19.6 Å². The molecule has 1 unspecified atom stereocenters. The van der Waals surface area contributed by atoms with E-state index in [1.807, 2.05) is 23.6 Å². The molecule has 1 aromatic rings. The average Bonchev–Trinajstić information content (AvgIpc) is 3.15. The van der Waals surface area contributed by atoms with Gasteiger partial charge in [-0.15, -0.1) is 0 Å². The van der Waals surface area contributed by atoms with Gasteiger partial charge >= 0.3 is 6.09 Å². The molecule has 1 aromatic heterocycles. The van der Waals surface area contributed by atoms with E-state index in [1.165, 1.54) is 0 Å². The zero-order valence-corrected chi connectivity index (χ0v) is 16.3. The molecule has 0 radical (unpaired) electrons. The molecular formula is C19H30N4O3. The lowest BCUT2D eigenvalue weighted by atomic mass is 9.90. The highest BCUT2D eigenvalue weighted by molar-refractivity contribution is 5.94. The topological polar surface area (TPSA) is 78.5 Å². The minimum atomic E-state index is -0.439. The van der Waals surface area contributed by atoms with Gasteiger partial charge in [-0.2, -0.15) is 5.10 Å². The predicted octanol–water partition coefficient (Wildman–Crippen LogP) is 2.90. The number of nitrogens with zero attached hydrogens (tertiary/aromatic N) is 3. The fraction of sp³-hybridized carbons (Fsp3) is 0.737. The SMILES string of the molecule is CCCC(C)N1CC2(CCN(C(=O)c3n[nH]c(CC)c3C)CC2)OC1=O. The Morgan fingerprint density at radius 1 is 1.35 bits per heavy atom. The van der Waals surface area contributed by atoms with Crippen LogP contribution in [0.3, 0.4) is 0 Å². The molecule has 2 aliphatic heterocycles. The van der Waals surface area contributed by atoms with E-state index in [0.29, 0.717) is 38.2 Å². The van der Waals surface area contributed by atoms with E-state index in [1.54, 1.807) is 0 Å². The minimum Gasteiger partial charge on any atom is -0.441 e. The highest BCUT2D eigenvalue weighted by Crippen LogP contribution is 2.35. The van der Waals surface area contributed by atoms with E-state index in [2.05, 4.69) is 24.0 Å². The molecule has 0 bridgehead atoms. The van der Waals surface area contributed by atoms with Crippen molar-refractivity contribution in [3.63, 3.8) is 0 Å². The quantitative estimate of drug-likeness (QED) is 0.873. The highest BCUT2D eigenvalue weighted by Gasteiger charge is 2.48. The van der Waals surface area contributed by atoms with Crippen LogP contribution in [-0.2, 0) is 11.2 Å². The first-order chi connectivity index (χ1) is 12.4. The van der Waals surface area contributed by atoms with Crippen molar-refractivity contribution in [2.45, 2.75) is 71.4 Å². The van der Waals surface area contributed by atoms with Crippen molar-refractivity contribution in [1.29, 1.82) is 0 Å². The molecule has 144 valence electrons. The van der Waals surface area contributed by atoms with E-state index in [9.17, 15) is 9.59 Å². The Bertz CT molecular complexity index is 676. The van der Waals surface area contributed by atoms with Gasteiger partial charge in [0.25, 0.3) is 5.91 Å². The summed E-state index contributed by atoms with van der Waals surface area (Å²) in [5.41, 5.74) is 2.02. The third kappa shape index (κ3) is 3.31. The van der Waals surface area contributed by atoms with E-state index < -0.39 is 5.60 Å². The Balaban J connectivity index is 1.63. The molecule has 1 spiro atoms. The molecule has 7 nitrogen and oxygen atoms in total. The summed E-state index contributed by atoms with van der Waals surface area (Å²) < 4.78 is 5.78. The number of likely N-dealkylation sites (tertiary alicyclic amines) is 1. The summed E-state index contributed by atoms with van der Waals surface area (Å²) in [5, 5.41) is 7.16. The van der Waals surface area contributed by atoms with E-state index >= 15 is 0 Å². The Morgan fingerprint density at radius 3 is 2.62 bits per heavy atom. The summed E-state index contributed by atoms with van der Waals surface area (Å²) >= 11 is 0. The number of hydrogen-bond donors (Lipinski definition) is 1. The number of amides is 2. The van der Waals surface area contributed by atoms with Crippen molar-refractivity contribution >= 4 is 12.0 Å². The summed E-state index contributed by atoms with van der Waals surface area (Å²) in [6.45, 7) is 10.0. The number of carbonyl (C=O) groups is 2. The van der Waals surface area contributed by atoms with Crippen LogP contribution in [0.1, 0.15) is 68.2 Å². The fourth-order valence-corrected chi connectivity index (χ4v) is 4.07. The lowest BCUT2D eigenvalue weighted by molar-refractivity contribution is 0.00288. The van der Waals surface area contributed by atoms with Crippen LogP contribution in [0.15, 0.2) is 0 Å². The third-order valence-electron chi connectivity index (χ3n) is 5.86. The number of hydrogen-bond acceptors (Lipinski definition) is 4. The molecule has 0 saturated carbocycles. The third-order valence-corrected chi connectivity index (χ3v) is 5.86. The summed E-state index contributed by atoms with van der Waals surface area (Å²) in [7, 11) is 0. The summed E-state index contributed by atoms with van der Waals surface area (Å²) in [5.74, 6) is -0.0335. The summed E-state index contributed by atoms with van der Waals surface area (Å²) in [4.78, 5) is 28.8. The molecular weight excluding hydrogens is 332 g/mol. The van der Waals surface area contributed by atoms with E-state index in [0.717, 1.165) is 30.5 Å². The van der Waals surface area contributed by atoms with Gasteiger partial charge in [0.15, 0.2) is 5.69 Å². The van der Waals surface area contributed by atoms with Gasteiger partial charge in [0.1, 0.15) is 5.60 Å². The van der Waals surface area contributed by atoms with E-state index in [-0.39, 0.29) is 18.0 Å². The first-order valence-electron chi connectivity index (χ1n) is 9.73. The van der Waals surface area contributed by atoms with Crippen LogP contribution in [0, 0.1) is 6.92 Å². The first kappa shape index (κ1) is 18.7. The van der Waals surface area contributed by atoms with Gasteiger partial charge in [0, 0.05) is 43.2 Å². The van der Waals surface area contributed by atoms with Crippen molar-refractivity contribution in [3.05, 3.63) is 17.0 Å². The van der Waals surface area contributed by atoms with Gasteiger partial charge in [-0.3, -0.25) is 9.89 Å². The number of aryl methyl sites for hydroxylation is 1. The lowest BCUT2D eigenvalue weighted by Gasteiger charge is -2.37. The average molecular weight is 362 g/mol. The standard InChI is InChI=1S/C19H30N4O3/c1-5-7-13(3)23-12-19(26-18(23)25)8-10-22(11-9-19)17(24)16-14(4)15(6-2)20-21-16/h13H,5-12H2,1-4H3,(H,20,21). The monoisotopic (exact) mass is 362 g/mol. The molecule has 0 aromatic carbocycles. The van der Waals surface area contributed by atoms with Gasteiger partial charge in [-0.05, 0) is 26.7 Å². The zero-order valence-electron chi connectivity index (χ0n) is 16.3. The maximum absolute atomic E-state index is 12.8. The largest absolute Gasteiger partial charge is 0.441 e. The minimum absolute atomic E-state index is 0.0335. The Kier molecular flexibility index (Phi) is 5.25. The maximum atomic E-state index is 12.8. The molecule has 3 heterocycles. The van der Waals surface area contributed by atoms with E-state index in [4.69, 9.17) is 4.74 Å². The molecule has 2 amide bonds. The summed E-state index contributed by atoms with van der Waals surface area (Å²) in [6, 6.07) is 0.200. The molecule has 2 aliphatic rings. The lowest BCUT2D eigenvalue weighted by Crippen LogP contribution is -2.49. The molecule has 7 heteroatoms. The van der Waals surface area contributed by atoms with Gasteiger partial charge in [-0.25, -0.2) is 4.79 Å². The Hall–Kier alpha value is -2.05. The van der Waals surface area contributed by atoms with Crippen molar-refractivity contribution in [1.82, 2.24) is 20.0 Å². The van der Waals surface area contributed by atoms with Crippen molar-refractivity contribution in [2.24, 2.45) is 0 Å². The van der Waals surface area contributed by atoms with Crippen LogP contribution in [-0.4, -0.2) is 63.3 Å². The van der Waals surface area contributed by atoms with Gasteiger partial charge in [0.2, 0.25) is 0 Å². The second-order valence-corrected chi connectivity index (χ2v) is 7.64. The molecule has 1 N–H and O–H groups in total. The van der Waals surface area contributed by atoms with Crippen LogP contribution in [0.25, 0.3) is 0 Å². The zero-order chi connectivity index (χ0) is 18.9. The van der Waals surface area contributed by atoms with Crippen molar-refractivity contribution < 1.29 is 14.3 Å². The second kappa shape index (κ2) is 7.29. The van der Waals surface area contributed by atoms with Crippen LogP contribution in [0.2, 0.25) is 0 Å². The Labute approximate surface area is 155 Å². The predicted molar refractivity (Wildman–Crippen MR) is 98.1 cm³/mol. The Morgan fingerprint density at radius 2 is 2.04 bits per heavy atom. The van der Waals surface area contributed by atoms with Gasteiger partial charge < -0.3 is 14.5 Å². The van der Waals surface area contributed by atoms with Crippen LogP contribution in [0.4, 0.5) is 4.79 Å². The number of nitrogens with one attached hydrogen (secondary N) is 1. The molecule has 2 saturated heterocycles. The smallest absolute Gasteiger partial charge is 0.410 e.